The van der Waals surface area contributed by atoms with Gasteiger partial charge in [0.05, 0.1) is 5.52 Å². The maximum Gasteiger partial charge on any atom is 0.180 e. The van der Waals surface area contributed by atoms with E-state index in [1.807, 2.05) is 31.3 Å². The molecule has 0 aliphatic carbocycles. The molecule has 1 aromatic carbocycles. The van der Waals surface area contributed by atoms with Crippen LogP contribution in [0.25, 0.3) is 22.6 Å². The molecule has 0 spiro atoms. The predicted octanol–water partition coefficient (Wildman–Crippen LogP) is 2.87. The number of anilines is 2. The number of fused-ring (bicyclic) bond motifs is 1. The number of aromatic nitrogens is 3. The van der Waals surface area contributed by atoms with Crippen molar-refractivity contribution in [2.75, 3.05) is 18.1 Å². The number of pyridine rings is 1. The van der Waals surface area contributed by atoms with Crippen LogP contribution in [0.1, 0.15) is 11.1 Å². The quantitative estimate of drug-likeness (QED) is 0.624. The van der Waals surface area contributed by atoms with E-state index < -0.39 is 0 Å². The van der Waals surface area contributed by atoms with Crippen molar-refractivity contribution in [3.63, 3.8) is 0 Å². The van der Waals surface area contributed by atoms with Gasteiger partial charge in [0.1, 0.15) is 11.6 Å². The Morgan fingerprint density at radius 3 is 2.70 bits per heavy atom. The molecule has 2 aromatic heterocycles. The fourth-order valence-electron chi connectivity index (χ4n) is 2.29. The molecule has 3 aromatic rings. The maximum atomic E-state index is 5.94. The van der Waals surface area contributed by atoms with Crippen LogP contribution in [0.4, 0.5) is 11.5 Å². The van der Waals surface area contributed by atoms with Gasteiger partial charge in [0.15, 0.2) is 5.65 Å². The molecule has 0 atom stereocenters. The Kier molecular flexibility index (Phi) is 2.82. The van der Waals surface area contributed by atoms with Gasteiger partial charge in [-0.25, -0.2) is 9.97 Å². The number of nitrogens with zero attached hydrogens (tertiary/aromatic N) is 2. The summed E-state index contributed by atoms with van der Waals surface area (Å²) in [4.78, 5) is 12.3. The third-order valence-electron chi connectivity index (χ3n) is 3.55. The number of benzene rings is 1. The molecule has 5 heteroatoms. The first-order chi connectivity index (χ1) is 9.58. The van der Waals surface area contributed by atoms with E-state index in [0.717, 1.165) is 34.0 Å². The Labute approximate surface area is 117 Å². The molecule has 0 aliphatic rings. The lowest BCUT2D eigenvalue weighted by atomic mass is 10.0. The lowest BCUT2D eigenvalue weighted by Crippen LogP contribution is -1.93. The average Bonchev–Trinajstić information content (AvgIpc) is 2.85. The number of aryl methyl sites for hydroxylation is 1. The minimum atomic E-state index is 0.700. The van der Waals surface area contributed by atoms with Gasteiger partial charge >= 0.3 is 0 Å². The monoisotopic (exact) mass is 267 g/mol. The number of nitrogens with one attached hydrogen (secondary N) is 2. The highest BCUT2D eigenvalue weighted by molar-refractivity contribution is 5.79. The molecule has 4 N–H and O–H groups in total. The topological polar surface area (TPSA) is 79.6 Å². The molecular formula is C15H17N5. The summed E-state index contributed by atoms with van der Waals surface area (Å²) in [5.74, 6) is 1.60. The van der Waals surface area contributed by atoms with E-state index >= 15 is 0 Å². The molecule has 2 heterocycles. The number of hydrogen-bond donors (Lipinski definition) is 3. The molecule has 0 saturated heterocycles. The van der Waals surface area contributed by atoms with Crippen molar-refractivity contribution >= 4 is 22.7 Å². The Hall–Kier alpha value is -2.56. The van der Waals surface area contributed by atoms with E-state index in [-0.39, 0.29) is 0 Å². The Morgan fingerprint density at radius 1 is 1.15 bits per heavy atom. The number of hydrogen-bond acceptors (Lipinski definition) is 4. The molecule has 5 nitrogen and oxygen atoms in total. The second kappa shape index (κ2) is 4.52. The van der Waals surface area contributed by atoms with E-state index in [4.69, 9.17) is 5.73 Å². The van der Waals surface area contributed by atoms with Crippen molar-refractivity contribution in [1.82, 2.24) is 15.0 Å². The normalized spacial score (nSPS) is 10.9. The van der Waals surface area contributed by atoms with Gasteiger partial charge in [-0.1, -0.05) is 0 Å². The van der Waals surface area contributed by atoms with Gasteiger partial charge in [-0.15, -0.1) is 0 Å². The summed E-state index contributed by atoms with van der Waals surface area (Å²) in [7, 11) is 1.84. The first kappa shape index (κ1) is 12.5. The summed E-state index contributed by atoms with van der Waals surface area (Å²) in [6.07, 6.45) is 0. The van der Waals surface area contributed by atoms with Crippen LogP contribution in [0.5, 0.6) is 0 Å². The van der Waals surface area contributed by atoms with Crippen molar-refractivity contribution in [3.05, 3.63) is 35.4 Å². The third kappa shape index (κ3) is 1.97. The highest BCUT2D eigenvalue weighted by Crippen LogP contribution is 2.27. The minimum Gasteiger partial charge on any atom is -0.399 e. The van der Waals surface area contributed by atoms with Gasteiger partial charge in [0.25, 0.3) is 0 Å². The molecular weight excluding hydrogens is 250 g/mol. The van der Waals surface area contributed by atoms with Gasteiger partial charge < -0.3 is 16.0 Å². The maximum absolute atomic E-state index is 5.94. The van der Waals surface area contributed by atoms with Crippen LogP contribution in [-0.4, -0.2) is 22.0 Å². The minimum absolute atomic E-state index is 0.700. The smallest absolute Gasteiger partial charge is 0.180 e. The summed E-state index contributed by atoms with van der Waals surface area (Å²) < 4.78 is 0. The zero-order chi connectivity index (χ0) is 14.3. The fourth-order valence-corrected chi connectivity index (χ4v) is 2.29. The molecule has 3 rings (SSSR count). The van der Waals surface area contributed by atoms with Crippen molar-refractivity contribution in [2.45, 2.75) is 13.8 Å². The van der Waals surface area contributed by atoms with E-state index in [1.165, 1.54) is 5.56 Å². The van der Waals surface area contributed by atoms with Crippen molar-refractivity contribution in [2.24, 2.45) is 0 Å². The summed E-state index contributed by atoms with van der Waals surface area (Å²) in [6.45, 7) is 4.12. The van der Waals surface area contributed by atoms with Crippen LogP contribution in [0.15, 0.2) is 24.3 Å². The molecule has 0 aliphatic heterocycles. The van der Waals surface area contributed by atoms with Gasteiger partial charge in [0, 0.05) is 18.3 Å². The second-order valence-corrected chi connectivity index (χ2v) is 4.91. The second-order valence-electron chi connectivity index (χ2n) is 4.91. The first-order valence-electron chi connectivity index (χ1n) is 6.50. The zero-order valence-electron chi connectivity index (χ0n) is 11.8. The summed E-state index contributed by atoms with van der Waals surface area (Å²) in [6, 6.07) is 7.80. The summed E-state index contributed by atoms with van der Waals surface area (Å²) in [5, 5.41) is 3.01. The zero-order valence-corrected chi connectivity index (χ0v) is 11.8. The van der Waals surface area contributed by atoms with Gasteiger partial charge in [-0.2, -0.15) is 0 Å². The van der Waals surface area contributed by atoms with Crippen molar-refractivity contribution in [3.8, 4) is 11.4 Å². The highest BCUT2D eigenvalue weighted by atomic mass is 15.0. The number of imidazole rings is 1. The summed E-state index contributed by atoms with van der Waals surface area (Å²) in [5.41, 5.74) is 11.6. The van der Waals surface area contributed by atoms with Crippen LogP contribution in [0.2, 0.25) is 0 Å². The van der Waals surface area contributed by atoms with E-state index in [0.29, 0.717) is 5.65 Å². The molecule has 0 saturated carbocycles. The van der Waals surface area contributed by atoms with E-state index in [2.05, 4.69) is 34.1 Å². The number of rotatable bonds is 2. The predicted molar refractivity (Wildman–Crippen MR) is 82.8 cm³/mol. The van der Waals surface area contributed by atoms with E-state index in [9.17, 15) is 0 Å². The third-order valence-corrected chi connectivity index (χ3v) is 3.55. The molecule has 20 heavy (non-hydrogen) atoms. The van der Waals surface area contributed by atoms with Crippen LogP contribution in [0.3, 0.4) is 0 Å². The Morgan fingerprint density at radius 2 is 1.95 bits per heavy atom. The van der Waals surface area contributed by atoms with Crippen LogP contribution >= 0.6 is 0 Å². The van der Waals surface area contributed by atoms with Gasteiger partial charge in [-0.05, 0) is 49.2 Å². The number of nitrogen functional groups attached to an aromatic ring is 1. The highest BCUT2D eigenvalue weighted by Gasteiger charge is 2.11. The first-order valence-corrected chi connectivity index (χ1v) is 6.50. The SMILES string of the molecule is CNc1ccc2[nH]c(-c3cc(N)cc(C)c3C)nc2n1. The van der Waals surface area contributed by atoms with E-state index in [1.54, 1.807) is 0 Å². The average molecular weight is 267 g/mol. The van der Waals surface area contributed by atoms with Crippen LogP contribution in [-0.2, 0) is 0 Å². The standard InChI is InChI=1S/C15H17N5/c1-8-6-10(16)7-11(9(8)2)14-18-12-4-5-13(17-3)19-15(12)20-14/h4-7H,16H2,1-3H3,(H2,17,18,19,20). The molecule has 0 amide bonds. The molecule has 102 valence electrons. The fraction of sp³-hybridized carbons (Fsp3) is 0.200. The van der Waals surface area contributed by atoms with Crippen LogP contribution < -0.4 is 11.1 Å². The molecule has 0 radical (unpaired) electrons. The largest absolute Gasteiger partial charge is 0.399 e. The number of H-pyrrole nitrogens is 1. The van der Waals surface area contributed by atoms with Gasteiger partial charge in [0.2, 0.25) is 0 Å². The number of aromatic amines is 1. The Bertz CT molecular complexity index is 788. The Balaban J connectivity index is 2.20. The van der Waals surface area contributed by atoms with Gasteiger partial charge in [-0.3, -0.25) is 0 Å². The van der Waals surface area contributed by atoms with Crippen LogP contribution in [0, 0.1) is 13.8 Å². The van der Waals surface area contributed by atoms with Crippen molar-refractivity contribution in [1.29, 1.82) is 0 Å². The molecule has 0 unspecified atom stereocenters. The summed E-state index contributed by atoms with van der Waals surface area (Å²) >= 11 is 0. The molecule has 0 bridgehead atoms. The molecule has 0 fully saturated rings. The number of nitrogens with two attached hydrogens (primary N) is 1. The van der Waals surface area contributed by atoms with Crippen molar-refractivity contribution < 1.29 is 0 Å². The lowest BCUT2D eigenvalue weighted by Gasteiger charge is -2.07. The lowest BCUT2D eigenvalue weighted by molar-refractivity contribution is 1.26.